The molecule has 4 aromatic rings. The van der Waals surface area contributed by atoms with E-state index in [0.717, 1.165) is 4.88 Å². The number of carbonyl (C=O) groups is 4. The Balaban J connectivity index is 1.39. The van der Waals surface area contributed by atoms with Gasteiger partial charge in [0.25, 0.3) is 11.8 Å². The molecule has 210 valence electrons. The number of ether oxygens (including phenoxy) is 2. The number of aliphatic carboxylic acids is 1. The van der Waals surface area contributed by atoms with Crippen LogP contribution in [0.5, 0.6) is 17.2 Å². The molecule has 0 aliphatic heterocycles. The molecule has 0 radical (unpaired) electrons. The molecule has 0 bridgehead atoms. The molecule has 41 heavy (non-hydrogen) atoms. The van der Waals surface area contributed by atoms with Gasteiger partial charge in [-0.2, -0.15) is 0 Å². The van der Waals surface area contributed by atoms with Crippen molar-refractivity contribution in [2.45, 2.75) is 19.4 Å². The van der Waals surface area contributed by atoms with E-state index >= 15 is 0 Å². The lowest BCUT2D eigenvalue weighted by molar-refractivity contribution is -0.139. The number of hydrogen-bond acceptors (Lipinski definition) is 8. The number of anilines is 1. The zero-order chi connectivity index (χ0) is 29.5. The number of hydrogen-bond donors (Lipinski definition) is 4. The van der Waals surface area contributed by atoms with Crippen LogP contribution in [0.1, 0.15) is 40.8 Å². The molecule has 0 saturated heterocycles. The molecule has 0 saturated carbocycles. The minimum absolute atomic E-state index is 0.00830. The first-order valence-corrected chi connectivity index (χ1v) is 13.1. The van der Waals surface area contributed by atoms with Gasteiger partial charge in [-0.15, -0.1) is 11.3 Å². The van der Waals surface area contributed by atoms with E-state index in [0.29, 0.717) is 16.1 Å². The van der Waals surface area contributed by atoms with Gasteiger partial charge in [-0.1, -0.05) is 6.07 Å². The zero-order valence-electron chi connectivity index (χ0n) is 22.0. The highest BCUT2D eigenvalue weighted by Gasteiger charge is 2.23. The molecule has 1 aromatic heterocycles. The summed E-state index contributed by atoms with van der Waals surface area (Å²) in [5, 5.41) is 24.4. The van der Waals surface area contributed by atoms with Crippen LogP contribution < -0.4 is 20.1 Å². The van der Waals surface area contributed by atoms with Crippen LogP contribution >= 0.6 is 11.3 Å². The molecular formula is C30H26N2O8S. The van der Waals surface area contributed by atoms with E-state index < -0.39 is 23.9 Å². The Labute approximate surface area is 239 Å². The van der Waals surface area contributed by atoms with Crippen molar-refractivity contribution >= 4 is 40.8 Å². The number of carbonyl (C=O) groups excluding carboxylic acids is 3. The number of esters is 1. The quantitative estimate of drug-likeness (QED) is 0.158. The maximum atomic E-state index is 12.8. The summed E-state index contributed by atoms with van der Waals surface area (Å²) in [6.45, 7) is 1.91. The smallest absolute Gasteiger partial charge is 0.343 e. The number of aryl methyl sites for hydroxylation is 1. The van der Waals surface area contributed by atoms with Crippen molar-refractivity contribution in [1.82, 2.24) is 5.32 Å². The van der Waals surface area contributed by atoms with Crippen molar-refractivity contribution in [3.63, 3.8) is 0 Å². The number of benzene rings is 3. The third kappa shape index (κ3) is 7.49. The fourth-order valence-corrected chi connectivity index (χ4v) is 4.57. The fraction of sp³-hybridized carbons (Fsp3) is 0.133. The molecule has 1 atom stereocenters. The Kier molecular flexibility index (Phi) is 9.00. The first-order valence-electron chi connectivity index (χ1n) is 12.3. The Bertz CT molecular complexity index is 1580. The first kappa shape index (κ1) is 28.8. The highest BCUT2D eigenvalue weighted by molar-refractivity contribution is 7.14. The predicted molar refractivity (Wildman–Crippen MR) is 152 cm³/mol. The van der Waals surface area contributed by atoms with Gasteiger partial charge in [0.05, 0.1) is 17.6 Å². The third-order valence-corrected chi connectivity index (χ3v) is 6.95. The van der Waals surface area contributed by atoms with Crippen molar-refractivity contribution in [2.24, 2.45) is 0 Å². The number of carboxylic acid groups (broad SMARTS) is 1. The first-order chi connectivity index (χ1) is 19.6. The summed E-state index contributed by atoms with van der Waals surface area (Å²) in [5.74, 6) is -2.45. The van der Waals surface area contributed by atoms with E-state index in [9.17, 15) is 29.4 Å². The van der Waals surface area contributed by atoms with Crippen LogP contribution in [-0.2, 0) is 11.2 Å². The lowest BCUT2D eigenvalue weighted by atomic mass is 10.0. The van der Waals surface area contributed by atoms with Gasteiger partial charge in [-0.05, 0) is 85.3 Å². The number of methoxy groups -OCH3 is 1. The normalized spacial score (nSPS) is 11.3. The summed E-state index contributed by atoms with van der Waals surface area (Å²) >= 11 is 1.37. The molecule has 1 heterocycles. The summed E-state index contributed by atoms with van der Waals surface area (Å²) in [5.41, 5.74) is 1.44. The van der Waals surface area contributed by atoms with E-state index in [1.165, 1.54) is 67.0 Å². The summed E-state index contributed by atoms with van der Waals surface area (Å²) < 4.78 is 10.7. The minimum atomic E-state index is -1.26. The van der Waals surface area contributed by atoms with Crippen molar-refractivity contribution in [1.29, 1.82) is 0 Å². The van der Waals surface area contributed by atoms with Crippen LogP contribution in [0.25, 0.3) is 0 Å². The van der Waals surface area contributed by atoms with Crippen LogP contribution in [0.3, 0.4) is 0 Å². The van der Waals surface area contributed by atoms with Gasteiger partial charge in [0.15, 0.2) is 11.5 Å². The molecule has 0 fully saturated rings. The monoisotopic (exact) mass is 574 g/mol. The second-order valence-corrected chi connectivity index (χ2v) is 10.2. The highest BCUT2D eigenvalue weighted by Crippen LogP contribution is 2.29. The van der Waals surface area contributed by atoms with Crippen LogP contribution in [0.4, 0.5) is 5.69 Å². The average Bonchev–Trinajstić information content (AvgIpc) is 3.40. The van der Waals surface area contributed by atoms with Crippen molar-refractivity contribution < 1.29 is 38.9 Å². The Morgan fingerprint density at radius 3 is 2.15 bits per heavy atom. The van der Waals surface area contributed by atoms with Crippen LogP contribution in [-0.4, -0.2) is 47.1 Å². The molecule has 4 N–H and O–H groups in total. The molecule has 0 aliphatic carbocycles. The summed E-state index contributed by atoms with van der Waals surface area (Å²) in [4.78, 5) is 51.1. The van der Waals surface area contributed by atoms with E-state index in [4.69, 9.17) is 9.47 Å². The molecule has 11 heteroatoms. The number of thiophene rings is 1. The van der Waals surface area contributed by atoms with Crippen LogP contribution in [0.15, 0.2) is 78.9 Å². The van der Waals surface area contributed by atoms with Crippen LogP contribution in [0, 0.1) is 6.92 Å². The van der Waals surface area contributed by atoms with E-state index in [-0.39, 0.29) is 40.7 Å². The maximum Gasteiger partial charge on any atom is 0.343 e. The molecule has 0 aliphatic rings. The summed E-state index contributed by atoms with van der Waals surface area (Å²) in [7, 11) is 1.38. The van der Waals surface area contributed by atoms with E-state index in [1.54, 1.807) is 24.3 Å². The topological polar surface area (TPSA) is 151 Å². The Morgan fingerprint density at radius 1 is 0.854 bits per heavy atom. The zero-order valence-corrected chi connectivity index (χ0v) is 22.9. The van der Waals surface area contributed by atoms with Crippen molar-refractivity contribution in [3.8, 4) is 17.2 Å². The predicted octanol–water partition coefficient (Wildman–Crippen LogP) is 4.67. The van der Waals surface area contributed by atoms with Crippen molar-refractivity contribution in [3.05, 3.63) is 105 Å². The molecule has 0 spiro atoms. The fourth-order valence-electron chi connectivity index (χ4n) is 3.81. The molecule has 2 amide bonds. The van der Waals surface area contributed by atoms with Gasteiger partial charge < -0.3 is 30.3 Å². The highest BCUT2D eigenvalue weighted by atomic mass is 32.1. The van der Waals surface area contributed by atoms with Crippen LogP contribution in [0.2, 0.25) is 0 Å². The van der Waals surface area contributed by atoms with Crippen molar-refractivity contribution in [2.75, 3.05) is 12.4 Å². The Morgan fingerprint density at radius 2 is 1.54 bits per heavy atom. The van der Waals surface area contributed by atoms with Gasteiger partial charge in [0.2, 0.25) is 0 Å². The van der Waals surface area contributed by atoms with E-state index in [2.05, 4.69) is 10.6 Å². The van der Waals surface area contributed by atoms with Gasteiger partial charge in [-0.3, -0.25) is 9.59 Å². The van der Waals surface area contributed by atoms with E-state index in [1.807, 2.05) is 13.0 Å². The number of nitrogens with one attached hydrogen (secondary N) is 2. The third-order valence-electron chi connectivity index (χ3n) is 5.95. The molecule has 1 unspecified atom stereocenters. The van der Waals surface area contributed by atoms with Gasteiger partial charge in [0, 0.05) is 22.5 Å². The molecule has 3 aromatic carbocycles. The standard InChI is InChI=1S/C30H26N2O8S/c1-17-3-14-26(41-17)28(35)31-21-9-5-19(6-10-21)27(34)32-23(29(36)37)15-18-4-13-24(25(16-18)39-2)40-30(38)20-7-11-22(33)12-8-20/h3-14,16,23,33H,15H2,1-2H3,(H,31,35)(H,32,34)(H,36,37). The summed E-state index contributed by atoms with van der Waals surface area (Å²) in [6, 6.07) is 18.5. The van der Waals surface area contributed by atoms with Gasteiger partial charge in [-0.25, -0.2) is 9.59 Å². The second kappa shape index (κ2) is 12.8. The second-order valence-electron chi connectivity index (χ2n) is 8.93. The maximum absolute atomic E-state index is 12.8. The lowest BCUT2D eigenvalue weighted by Gasteiger charge is -2.16. The lowest BCUT2D eigenvalue weighted by Crippen LogP contribution is -2.42. The minimum Gasteiger partial charge on any atom is -0.508 e. The molecule has 4 rings (SSSR count). The van der Waals surface area contributed by atoms with Gasteiger partial charge >= 0.3 is 11.9 Å². The number of rotatable bonds is 10. The summed E-state index contributed by atoms with van der Waals surface area (Å²) in [6.07, 6.45) is -0.0714. The number of phenols is 1. The Hall–Kier alpha value is -5.16. The number of phenolic OH excluding ortho intramolecular Hbond substituents is 1. The average molecular weight is 575 g/mol. The SMILES string of the molecule is COc1cc(CC(NC(=O)c2ccc(NC(=O)c3ccc(C)s3)cc2)C(=O)O)ccc1OC(=O)c1ccc(O)cc1. The molecule has 10 nitrogen and oxygen atoms in total. The van der Waals surface area contributed by atoms with Gasteiger partial charge in [0.1, 0.15) is 11.8 Å². The molecular weight excluding hydrogens is 548 g/mol. The number of carboxylic acids is 1. The largest absolute Gasteiger partial charge is 0.508 e. The number of aromatic hydroxyl groups is 1. The number of amides is 2.